The molecule has 0 atom stereocenters. The van der Waals surface area contributed by atoms with Gasteiger partial charge < -0.3 is 5.32 Å². The first-order valence-corrected chi connectivity index (χ1v) is 6.99. The van der Waals surface area contributed by atoms with Crippen molar-refractivity contribution in [1.29, 1.82) is 0 Å². The standard InChI is InChI=1S/C17H19N3O2/c1-13-8-10-14(11-9-13)17(22)18-12-16(21)19-20(2)15-6-4-3-5-7-15/h3-11H,12H2,1-2H3,(H,18,22)(H,19,21). The quantitative estimate of drug-likeness (QED) is 0.829. The molecule has 0 aliphatic heterocycles. The Morgan fingerprint density at radius 1 is 1.00 bits per heavy atom. The molecule has 22 heavy (non-hydrogen) atoms. The SMILES string of the molecule is Cc1ccc(C(=O)NCC(=O)NN(C)c2ccccc2)cc1. The van der Waals surface area contributed by atoms with E-state index in [4.69, 9.17) is 0 Å². The predicted octanol–water partition coefficient (Wildman–Crippen LogP) is 1.89. The minimum Gasteiger partial charge on any atom is -0.343 e. The number of hydrogen-bond acceptors (Lipinski definition) is 3. The lowest BCUT2D eigenvalue weighted by molar-refractivity contribution is -0.120. The van der Waals surface area contributed by atoms with Crippen LogP contribution in [0.3, 0.4) is 0 Å². The van der Waals surface area contributed by atoms with Crippen LogP contribution in [-0.2, 0) is 4.79 Å². The van der Waals surface area contributed by atoms with Crippen molar-refractivity contribution in [3.05, 3.63) is 65.7 Å². The summed E-state index contributed by atoms with van der Waals surface area (Å²) in [5, 5.41) is 4.21. The number of anilines is 1. The van der Waals surface area contributed by atoms with Crippen LogP contribution in [0.2, 0.25) is 0 Å². The van der Waals surface area contributed by atoms with Crippen LogP contribution in [0.15, 0.2) is 54.6 Å². The molecule has 2 aromatic carbocycles. The largest absolute Gasteiger partial charge is 0.343 e. The minimum atomic E-state index is -0.285. The molecule has 0 saturated heterocycles. The van der Waals surface area contributed by atoms with E-state index in [0.717, 1.165) is 11.3 Å². The summed E-state index contributed by atoms with van der Waals surface area (Å²) in [6.07, 6.45) is 0. The summed E-state index contributed by atoms with van der Waals surface area (Å²) in [6.45, 7) is 1.87. The van der Waals surface area contributed by atoms with E-state index in [9.17, 15) is 9.59 Å². The van der Waals surface area contributed by atoms with Gasteiger partial charge in [0, 0.05) is 12.6 Å². The van der Waals surface area contributed by atoms with E-state index in [2.05, 4.69) is 10.7 Å². The van der Waals surface area contributed by atoms with Crippen LogP contribution in [0.25, 0.3) is 0 Å². The lowest BCUT2D eigenvalue weighted by Gasteiger charge is -2.20. The van der Waals surface area contributed by atoms with Gasteiger partial charge in [0.1, 0.15) is 0 Å². The van der Waals surface area contributed by atoms with Crippen molar-refractivity contribution in [1.82, 2.24) is 10.7 Å². The van der Waals surface area contributed by atoms with E-state index in [-0.39, 0.29) is 18.4 Å². The molecule has 2 amide bonds. The van der Waals surface area contributed by atoms with Gasteiger partial charge in [-0.3, -0.25) is 20.0 Å². The lowest BCUT2D eigenvalue weighted by atomic mass is 10.1. The number of hydrogen-bond donors (Lipinski definition) is 2. The summed E-state index contributed by atoms with van der Waals surface area (Å²) in [7, 11) is 1.75. The molecular formula is C17H19N3O2. The molecule has 0 unspecified atom stereocenters. The Morgan fingerprint density at radius 2 is 1.64 bits per heavy atom. The van der Waals surface area contributed by atoms with Crippen molar-refractivity contribution in [2.45, 2.75) is 6.92 Å². The molecule has 0 aliphatic rings. The molecule has 0 aliphatic carbocycles. The second-order valence-corrected chi connectivity index (χ2v) is 4.98. The van der Waals surface area contributed by atoms with E-state index in [0.29, 0.717) is 5.56 Å². The van der Waals surface area contributed by atoms with Gasteiger partial charge in [-0.1, -0.05) is 35.9 Å². The molecule has 0 aromatic heterocycles. The predicted molar refractivity (Wildman–Crippen MR) is 86.5 cm³/mol. The minimum absolute atomic E-state index is 0.0795. The summed E-state index contributed by atoms with van der Waals surface area (Å²) in [4.78, 5) is 23.8. The molecule has 5 heteroatoms. The fourth-order valence-electron chi connectivity index (χ4n) is 1.91. The number of nitrogens with zero attached hydrogens (tertiary/aromatic N) is 1. The Hall–Kier alpha value is -2.82. The van der Waals surface area contributed by atoms with E-state index in [1.807, 2.05) is 49.4 Å². The monoisotopic (exact) mass is 297 g/mol. The smallest absolute Gasteiger partial charge is 0.257 e. The number of rotatable bonds is 5. The molecule has 2 rings (SSSR count). The van der Waals surface area contributed by atoms with E-state index < -0.39 is 0 Å². The Labute approximate surface area is 129 Å². The molecule has 2 N–H and O–H groups in total. The summed E-state index contributed by atoms with van der Waals surface area (Å²) in [6, 6.07) is 16.6. The molecular weight excluding hydrogens is 278 g/mol. The highest BCUT2D eigenvalue weighted by Crippen LogP contribution is 2.08. The zero-order valence-electron chi connectivity index (χ0n) is 12.7. The maximum atomic E-state index is 11.9. The van der Waals surface area contributed by atoms with Gasteiger partial charge in [-0.05, 0) is 31.2 Å². The summed E-state index contributed by atoms with van der Waals surface area (Å²) < 4.78 is 0. The zero-order valence-corrected chi connectivity index (χ0v) is 12.7. The fourth-order valence-corrected chi connectivity index (χ4v) is 1.91. The van der Waals surface area contributed by atoms with Gasteiger partial charge >= 0.3 is 0 Å². The molecule has 2 aromatic rings. The van der Waals surface area contributed by atoms with Gasteiger partial charge in [-0.25, -0.2) is 0 Å². The maximum Gasteiger partial charge on any atom is 0.257 e. The van der Waals surface area contributed by atoms with Gasteiger partial charge in [0.25, 0.3) is 11.8 Å². The number of hydrazine groups is 1. The second-order valence-electron chi connectivity index (χ2n) is 4.98. The Bertz CT molecular complexity index is 639. The molecule has 5 nitrogen and oxygen atoms in total. The highest BCUT2D eigenvalue weighted by atomic mass is 16.2. The van der Waals surface area contributed by atoms with Crippen molar-refractivity contribution in [3.8, 4) is 0 Å². The summed E-state index contributed by atoms with van der Waals surface area (Å²) >= 11 is 0. The van der Waals surface area contributed by atoms with Crippen molar-refractivity contribution in [2.24, 2.45) is 0 Å². The molecule has 0 radical (unpaired) electrons. The van der Waals surface area contributed by atoms with E-state index >= 15 is 0 Å². The first-order valence-electron chi connectivity index (χ1n) is 6.99. The Kier molecular flexibility index (Phi) is 5.14. The van der Waals surface area contributed by atoms with Crippen LogP contribution in [0, 0.1) is 6.92 Å². The number of nitrogens with one attached hydrogen (secondary N) is 2. The highest BCUT2D eigenvalue weighted by molar-refractivity contribution is 5.96. The third-order valence-corrected chi connectivity index (χ3v) is 3.16. The number of benzene rings is 2. The lowest BCUT2D eigenvalue weighted by Crippen LogP contribution is -2.45. The van der Waals surface area contributed by atoms with Gasteiger partial charge in [0.2, 0.25) is 0 Å². The topological polar surface area (TPSA) is 61.4 Å². The van der Waals surface area contributed by atoms with Crippen molar-refractivity contribution >= 4 is 17.5 Å². The third-order valence-electron chi connectivity index (χ3n) is 3.16. The average molecular weight is 297 g/mol. The second kappa shape index (κ2) is 7.26. The normalized spacial score (nSPS) is 9.91. The van der Waals surface area contributed by atoms with Gasteiger partial charge in [0.15, 0.2) is 0 Å². The molecule has 0 fully saturated rings. The van der Waals surface area contributed by atoms with Crippen molar-refractivity contribution < 1.29 is 9.59 Å². The van der Waals surface area contributed by atoms with Crippen LogP contribution >= 0.6 is 0 Å². The number of carbonyl (C=O) groups excluding carboxylic acids is 2. The number of carbonyl (C=O) groups is 2. The first kappa shape index (κ1) is 15.6. The van der Waals surface area contributed by atoms with Crippen molar-refractivity contribution in [2.75, 3.05) is 18.6 Å². The Morgan fingerprint density at radius 3 is 2.27 bits per heavy atom. The van der Waals surface area contributed by atoms with Crippen molar-refractivity contribution in [3.63, 3.8) is 0 Å². The highest BCUT2D eigenvalue weighted by Gasteiger charge is 2.09. The number of para-hydroxylation sites is 1. The van der Waals surface area contributed by atoms with E-state index in [1.165, 1.54) is 0 Å². The number of amides is 2. The Balaban J connectivity index is 1.82. The van der Waals surface area contributed by atoms with Crippen LogP contribution in [0.1, 0.15) is 15.9 Å². The molecule has 0 spiro atoms. The van der Waals surface area contributed by atoms with Gasteiger partial charge in [-0.2, -0.15) is 0 Å². The van der Waals surface area contributed by atoms with Crippen LogP contribution in [0.5, 0.6) is 0 Å². The first-order chi connectivity index (χ1) is 10.6. The van der Waals surface area contributed by atoms with E-state index in [1.54, 1.807) is 24.2 Å². The van der Waals surface area contributed by atoms with Crippen LogP contribution < -0.4 is 15.8 Å². The van der Waals surface area contributed by atoms with Gasteiger partial charge in [0.05, 0.1) is 12.2 Å². The third kappa shape index (κ3) is 4.34. The number of aryl methyl sites for hydroxylation is 1. The van der Waals surface area contributed by atoms with Crippen LogP contribution in [0.4, 0.5) is 5.69 Å². The molecule has 114 valence electrons. The average Bonchev–Trinajstić information content (AvgIpc) is 2.54. The molecule has 0 bridgehead atoms. The maximum absolute atomic E-state index is 11.9. The summed E-state index contributed by atoms with van der Waals surface area (Å²) in [5.74, 6) is -0.552. The van der Waals surface area contributed by atoms with Gasteiger partial charge in [-0.15, -0.1) is 0 Å². The molecule has 0 saturated carbocycles. The summed E-state index contributed by atoms with van der Waals surface area (Å²) in [5.41, 5.74) is 5.17. The zero-order chi connectivity index (χ0) is 15.9. The fraction of sp³-hybridized carbons (Fsp3) is 0.176. The molecule has 0 heterocycles. The van der Waals surface area contributed by atoms with Crippen LogP contribution in [-0.4, -0.2) is 25.4 Å².